The van der Waals surface area contributed by atoms with Crippen LogP contribution in [0.25, 0.3) is 16.9 Å². The van der Waals surface area contributed by atoms with E-state index in [0.29, 0.717) is 5.69 Å². The van der Waals surface area contributed by atoms with Gasteiger partial charge in [-0.15, -0.1) is 5.10 Å². The predicted octanol–water partition coefficient (Wildman–Crippen LogP) is 3.24. The Morgan fingerprint density at radius 2 is 1.87 bits per heavy atom. The molecule has 1 fully saturated rings. The summed E-state index contributed by atoms with van der Waals surface area (Å²) in [5, 5.41) is 8.44. The van der Waals surface area contributed by atoms with Crippen molar-refractivity contribution in [1.82, 2.24) is 29.4 Å². The monoisotopic (exact) mass is 408 g/mol. The molecule has 1 aliphatic rings. The third-order valence-electron chi connectivity index (χ3n) is 5.51. The van der Waals surface area contributed by atoms with Crippen molar-refractivity contribution >= 4 is 5.91 Å². The zero-order valence-electron chi connectivity index (χ0n) is 17.6. The van der Waals surface area contributed by atoms with E-state index in [9.17, 15) is 4.79 Å². The minimum Gasteiger partial charge on any atom is -0.495 e. The summed E-state index contributed by atoms with van der Waals surface area (Å²) in [5.41, 5.74) is 3.44. The Morgan fingerprint density at radius 1 is 1.10 bits per heavy atom. The van der Waals surface area contributed by atoms with Crippen LogP contribution in [0, 0.1) is 6.92 Å². The summed E-state index contributed by atoms with van der Waals surface area (Å²) in [6.07, 6.45) is 11.4. The van der Waals surface area contributed by atoms with Crippen LogP contribution in [0.4, 0.5) is 0 Å². The number of benzene rings is 1. The van der Waals surface area contributed by atoms with Crippen LogP contribution in [-0.4, -0.2) is 55.6 Å². The smallest absolute Gasteiger partial charge is 0.244 e. The van der Waals surface area contributed by atoms with Crippen LogP contribution in [0.15, 0.2) is 36.9 Å². The largest absolute Gasteiger partial charge is 0.495 e. The van der Waals surface area contributed by atoms with E-state index in [-0.39, 0.29) is 12.5 Å². The molecule has 1 amide bonds. The fourth-order valence-corrected chi connectivity index (χ4v) is 3.85. The van der Waals surface area contributed by atoms with Gasteiger partial charge in [-0.25, -0.2) is 9.67 Å². The highest BCUT2D eigenvalue weighted by molar-refractivity contribution is 5.76. The molecule has 0 bridgehead atoms. The first-order chi connectivity index (χ1) is 14.6. The molecule has 158 valence electrons. The van der Waals surface area contributed by atoms with Gasteiger partial charge in [-0.05, 0) is 31.9 Å². The topological polar surface area (TPSA) is 78.1 Å². The van der Waals surface area contributed by atoms with Gasteiger partial charge in [0.05, 0.1) is 31.0 Å². The lowest BCUT2D eigenvalue weighted by Gasteiger charge is -2.24. The number of ether oxygens (including phenoxy) is 1. The Bertz CT molecular complexity index is 1000. The zero-order valence-corrected chi connectivity index (χ0v) is 17.6. The molecule has 3 heterocycles. The van der Waals surface area contributed by atoms with Gasteiger partial charge in [-0.1, -0.05) is 30.5 Å². The van der Waals surface area contributed by atoms with Gasteiger partial charge in [0.1, 0.15) is 18.0 Å². The van der Waals surface area contributed by atoms with Gasteiger partial charge in [-0.2, -0.15) is 0 Å². The van der Waals surface area contributed by atoms with E-state index in [4.69, 9.17) is 4.74 Å². The number of imidazole rings is 1. The van der Waals surface area contributed by atoms with Crippen molar-refractivity contribution < 1.29 is 9.53 Å². The number of amides is 1. The Labute approximate surface area is 176 Å². The van der Waals surface area contributed by atoms with Crippen LogP contribution in [0.5, 0.6) is 5.75 Å². The lowest BCUT2D eigenvalue weighted by Crippen LogP contribution is -2.36. The molecule has 0 aliphatic carbocycles. The fraction of sp³-hybridized carbons (Fsp3) is 0.455. The first-order valence-electron chi connectivity index (χ1n) is 10.5. The second kappa shape index (κ2) is 9.11. The van der Waals surface area contributed by atoms with Crippen molar-refractivity contribution in [3.05, 3.63) is 42.6 Å². The predicted molar refractivity (Wildman–Crippen MR) is 114 cm³/mol. The summed E-state index contributed by atoms with van der Waals surface area (Å²) in [5.74, 6) is 0.827. The van der Waals surface area contributed by atoms with Gasteiger partial charge in [0.25, 0.3) is 0 Å². The molecule has 0 unspecified atom stereocenters. The molecule has 1 aromatic carbocycles. The molecule has 1 aliphatic heterocycles. The van der Waals surface area contributed by atoms with E-state index in [1.165, 1.54) is 19.3 Å². The lowest BCUT2D eigenvalue weighted by atomic mass is 10.1. The van der Waals surface area contributed by atoms with E-state index >= 15 is 0 Å². The van der Waals surface area contributed by atoms with Crippen molar-refractivity contribution in [3.63, 3.8) is 0 Å². The van der Waals surface area contributed by atoms with Gasteiger partial charge in [0.2, 0.25) is 5.91 Å². The molecule has 0 N–H and O–H groups in total. The lowest BCUT2D eigenvalue weighted by molar-refractivity contribution is -0.132. The van der Waals surface area contributed by atoms with Gasteiger partial charge in [0, 0.05) is 24.8 Å². The third-order valence-corrected chi connectivity index (χ3v) is 5.51. The molecule has 8 heteroatoms. The molecular weight excluding hydrogens is 380 g/mol. The molecule has 0 atom stereocenters. The van der Waals surface area contributed by atoms with Crippen LogP contribution in [0.1, 0.15) is 37.8 Å². The van der Waals surface area contributed by atoms with Crippen molar-refractivity contribution in [2.24, 2.45) is 0 Å². The number of rotatable bonds is 5. The van der Waals surface area contributed by atoms with E-state index in [0.717, 1.165) is 48.6 Å². The Kier molecular flexibility index (Phi) is 6.11. The van der Waals surface area contributed by atoms with E-state index in [1.54, 1.807) is 18.1 Å². The number of hydrogen-bond acceptors (Lipinski definition) is 5. The number of carbonyl (C=O) groups excluding carboxylic acids is 1. The molecule has 3 aromatic rings. The summed E-state index contributed by atoms with van der Waals surface area (Å²) in [6, 6.07) is 5.88. The van der Waals surface area contributed by atoms with Crippen LogP contribution in [0.3, 0.4) is 0 Å². The van der Waals surface area contributed by atoms with Crippen molar-refractivity contribution in [3.8, 4) is 22.7 Å². The molecule has 1 saturated heterocycles. The van der Waals surface area contributed by atoms with Gasteiger partial charge < -0.3 is 14.2 Å². The first kappa shape index (κ1) is 20.1. The van der Waals surface area contributed by atoms with E-state index in [2.05, 4.69) is 15.3 Å². The Hall–Kier alpha value is -3.16. The Morgan fingerprint density at radius 3 is 2.57 bits per heavy atom. The summed E-state index contributed by atoms with van der Waals surface area (Å²) in [4.78, 5) is 18.9. The van der Waals surface area contributed by atoms with Crippen LogP contribution in [-0.2, 0) is 11.3 Å². The van der Waals surface area contributed by atoms with Crippen molar-refractivity contribution in [1.29, 1.82) is 0 Å². The number of aryl methyl sites for hydroxylation is 1. The van der Waals surface area contributed by atoms with Gasteiger partial charge >= 0.3 is 0 Å². The fourth-order valence-electron chi connectivity index (χ4n) is 3.85. The highest BCUT2D eigenvalue weighted by atomic mass is 16.5. The highest BCUT2D eigenvalue weighted by Crippen LogP contribution is 2.29. The number of aromatic nitrogens is 5. The number of hydrogen-bond donors (Lipinski definition) is 0. The standard InChI is InChI=1S/C22H28N6O2/c1-17-13-27(16-23-17)20-9-8-18(12-21(20)30-2)19-14-28(25-24-19)15-22(29)26-10-6-4-3-5-7-11-26/h8-9,12-14,16H,3-7,10-11,15H2,1-2H3. The quantitative estimate of drug-likeness (QED) is 0.648. The maximum absolute atomic E-state index is 12.7. The molecule has 2 aromatic heterocycles. The van der Waals surface area contributed by atoms with E-state index < -0.39 is 0 Å². The summed E-state index contributed by atoms with van der Waals surface area (Å²) >= 11 is 0. The van der Waals surface area contributed by atoms with Crippen molar-refractivity contribution in [2.75, 3.05) is 20.2 Å². The average molecular weight is 409 g/mol. The van der Waals surface area contributed by atoms with Crippen LogP contribution >= 0.6 is 0 Å². The van der Waals surface area contributed by atoms with Crippen molar-refractivity contribution in [2.45, 2.75) is 45.6 Å². The summed E-state index contributed by atoms with van der Waals surface area (Å²) in [6.45, 7) is 3.85. The third kappa shape index (κ3) is 4.53. The number of carbonyl (C=O) groups is 1. The maximum atomic E-state index is 12.7. The van der Waals surface area contributed by atoms with E-state index in [1.807, 2.05) is 47.0 Å². The zero-order chi connectivity index (χ0) is 20.9. The molecule has 8 nitrogen and oxygen atoms in total. The molecule has 0 saturated carbocycles. The second-order valence-electron chi connectivity index (χ2n) is 7.76. The Balaban J connectivity index is 1.48. The molecule has 4 rings (SSSR count). The SMILES string of the molecule is COc1cc(-c2cn(CC(=O)N3CCCCCCC3)nn2)ccc1-n1cnc(C)c1. The van der Waals surface area contributed by atoms with Crippen LogP contribution in [0.2, 0.25) is 0 Å². The summed E-state index contributed by atoms with van der Waals surface area (Å²) < 4.78 is 9.13. The van der Waals surface area contributed by atoms with Crippen LogP contribution < -0.4 is 4.74 Å². The molecule has 30 heavy (non-hydrogen) atoms. The average Bonchev–Trinajstić information content (AvgIpc) is 3.36. The first-order valence-corrected chi connectivity index (χ1v) is 10.5. The second-order valence-corrected chi connectivity index (χ2v) is 7.76. The minimum atomic E-state index is 0.108. The maximum Gasteiger partial charge on any atom is 0.244 e. The number of nitrogens with zero attached hydrogens (tertiary/aromatic N) is 6. The number of methoxy groups -OCH3 is 1. The molecule has 0 spiro atoms. The number of likely N-dealkylation sites (tertiary alicyclic amines) is 1. The minimum absolute atomic E-state index is 0.108. The molecule has 0 radical (unpaired) electrons. The summed E-state index contributed by atoms with van der Waals surface area (Å²) in [7, 11) is 1.64. The molecular formula is C22H28N6O2. The normalized spacial score (nSPS) is 14.9. The van der Waals surface area contributed by atoms with Gasteiger partial charge in [-0.3, -0.25) is 4.79 Å². The highest BCUT2D eigenvalue weighted by Gasteiger charge is 2.17. The van der Waals surface area contributed by atoms with Gasteiger partial charge in [0.15, 0.2) is 0 Å².